The molecule has 1 aliphatic heterocycles. The Morgan fingerprint density at radius 3 is 1.92 bits per heavy atom. The van der Waals surface area contributed by atoms with Gasteiger partial charge < -0.3 is 0 Å². The molecule has 3 aromatic carbocycles. The first-order valence-corrected chi connectivity index (χ1v) is 7.43. The number of nitrogens with zero attached hydrogens (tertiary/aromatic N) is 1. The molecule has 1 heterocycles. The molecule has 3 aromatic rings. The first-order chi connectivity index (χ1) is 11.7. The van der Waals surface area contributed by atoms with Gasteiger partial charge in [0.2, 0.25) is 0 Å². The minimum Gasteiger partial charge on any atom is -0.267 e. The lowest BCUT2D eigenvalue weighted by molar-refractivity contribution is 0.0479. The van der Waals surface area contributed by atoms with Crippen LogP contribution in [0.4, 0.5) is 0 Å². The van der Waals surface area contributed by atoms with Crippen molar-refractivity contribution in [2.24, 2.45) is 0 Å². The van der Waals surface area contributed by atoms with Gasteiger partial charge in [0.05, 0.1) is 11.1 Å². The summed E-state index contributed by atoms with van der Waals surface area (Å²) in [4.78, 5) is 37.6. The molecule has 1 N–H and O–H groups in total. The number of benzene rings is 3. The average molecular weight is 316 g/mol. The molecule has 0 radical (unpaired) electrons. The zero-order valence-corrected chi connectivity index (χ0v) is 12.5. The fourth-order valence-corrected chi connectivity index (χ4v) is 2.89. The van der Waals surface area contributed by atoms with Crippen LogP contribution in [0.3, 0.4) is 0 Å². The van der Waals surface area contributed by atoms with Crippen LogP contribution in [-0.4, -0.2) is 22.7 Å². The Morgan fingerprint density at radius 1 is 0.750 bits per heavy atom. The third-order valence-electron chi connectivity index (χ3n) is 4.02. The second-order valence-corrected chi connectivity index (χ2v) is 5.46. The van der Waals surface area contributed by atoms with Crippen LogP contribution in [0.15, 0.2) is 66.7 Å². The standard InChI is InChI=1S/C19H12N2O3/c22-17(13-6-2-1-3-7-13)20-21-18(23)14-10-4-8-12-9-5-11-15(16(12)14)19(21)24/h1-11H,(H,20,22). The lowest BCUT2D eigenvalue weighted by Gasteiger charge is -2.27. The number of carbonyl (C=O) groups excluding carboxylic acids is 3. The number of amides is 3. The zero-order chi connectivity index (χ0) is 16.7. The summed E-state index contributed by atoms with van der Waals surface area (Å²) < 4.78 is 0. The van der Waals surface area contributed by atoms with Crippen molar-refractivity contribution < 1.29 is 14.4 Å². The average Bonchev–Trinajstić information content (AvgIpc) is 2.63. The predicted molar refractivity (Wildman–Crippen MR) is 88.4 cm³/mol. The largest absolute Gasteiger partial charge is 0.280 e. The van der Waals surface area contributed by atoms with Gasteiger partial charge in [-0.05, 0) is 29.7 Å². The lowest BCUT2D eigenvalue weighted by atomic mass is 9.95. The van der Waals surface area contributed by atoms with Crippen LogP contribution in [-0.2, 0) is 0 Å². The van der Waals surface area contributed by atoms with Crippen LogP contribution in [0.25, 0.3) is 10.8 Å². The van der Waals surface area contributed by atoms with Crippen molar-refractivity contribution in [3.63, 3.8) is 0 Å². The summed E-state index contributed by atoms with van der Waals surface area (Å²) >= 11 is 0. The number of nitrogens with one attached hydrogen (secondary N) is 1. The fraction of sp³-hybridized carbons (Fsp3) is 0. The molecule has 3 amide bonds. The highest BCUT2D eigenvalue weighted by molar-refractivity contribution is 6.25. The normalized spacial score (nSPS) is 13.2. The number of hydrogen-bond donors (Lipinski definition) is 1. The number of imide groups is 1. The summed E-state index contributed by atoms with van der Waals surface area (Å²) in [6.07, 6.45) is 0. The highest BCUT2D eigenvalue weighted by Gasteiger charge is 2.34. The smallest absolute Gasteiger partial charge is 0.267 e. The second-order valence-electron chi connectivity index (χ2n) is 5.46. The third kappa shape index (κ3) is 2.06. The van der Waals surface area contributed by atoms with Crippen LogP contribution in [0.2, 0.25) is 0 Å². The zero-order valence-electron chi connectivity index (χ0n) is 12.5. The molecule has 0 unspecified atom stereocenters. The van der Waals surface area contributed by atoms with E-state index in [1.807, 2.05) is 12.1 Å². The Balaban J connectivity index is 1.76. The number of hydrogen-bond acceptors (Lipinski definition) is 3. The van der Waals surface area contributed by atoms with Gasteiger partial charge in [-0.1, -0.05) is 42.5 Å². The molecule has 0 saturated heterocycles. The fourth-order valence-electron chi connectivity index (χ4n) is 2.89. The van der Waals surface area contributed by atoms with E-state index in [4.69, 9.17) is 0 Å². The van der Waals surface area contributed by atoms with Gasteiger partial charge in [-0.3, -0.25) is 19.8 Å². The molecule has 0 bridgehead atoms. The number of carbonyl (C=O) groups is 3. The molecule has 24 heavy (non-hydrogen) atoms. The lowest BCUT2D eigenvalue weighted by Crippen LogP contribution is -2.51. The SMILES string of the molecule is O=C(NN1C(=O)c2cccc3cccc(c23)C1=O)c1ccccc1. The van der Waals surface area contributed by atoms with Crippen molar-refractivity contribution in [2.75, 3.05) is 0 Å². The highest BCUT2D eigenvalue weighted by atomic mass is 16.2. The summed E-state index contributed by atoms with van der Waals surface area (Å²) in [7, 11) is 0. The molecule has 5 nitrogen and oxygen atoms in total. The Morgan fingerprint density at radius 2 is 1.33 bits per heavy atom. The van der Waals surface area contributed by atoms with E-state index in [1.54, 1.807) is 54.6 Å². The van der Waals surface area contributed by atoms with E-state index in [1.165, 1.54) is 0 Å². The van der Waals surface area contributed by atoms with Gasteiger partial charge in [-0.15, -0.1) is 0 Å². The van der Waals surface area contributed by atoms with E-state index >= 15 is 0 Å². The van der Waals surface area contributed by atoms with E-state index in [0.29, 0.717) is 22.1 Å². The topological polar surface area (TPSA) is 66.5 Å². The van der Waals surface area contributed by atoms with Gasteiger partial charge in [-0.25, -0.2) is 0 Å². The molecule has 0 spiro atoms. The van der Waals surface area contributed by atoms with E-state index in [0.717, 1.165) is 10.4 Å². The maximum atomic E-state index is 12.7. The van der Waals surface area contributed by atoms with Gasteiger partial charge in [-0.2, -0.15) is 5.01 Å². The Bertz CT molecular complexity index is 945. The maximum Gasteiger partial charge on any atom is 0.280 e. The van der Waals surface area contributed by atoms with Crippen LogP contribution < -0.4 is 5.43 Å². The van der Waals surface area contributed by atoms with Gasteiger partial charge >= 0.3 is 0 Å². The monoisotopic (exact) mass is 316 g/mol. The molecule has 5 heteroatoms. The summed E-state index contributed by atoms with van der Waals surface area (Å²) in [6, 6.07) is 19.0. The molecule has 4 rings (SSSR count). The van der Waals surface area contributed by atoms with Crippen molar-refractivity contribution in [3.05, 3.63) is 83.4 Å². The van der Waals surface area contributed by atoms with Crippen molar-refractivity contribution in [1.82, 2.24) is 10.4 Å². The number of hydrazine groups is 1. The van der Waals surface area contributed by atoms with Crippen molar-refractivity contribution in [3.8, 4) is 0 Å². The summed E-state index contributed by atoms with van der Waals surface area (Å²) in [5.74, 6) is -1.58. The Hall–Kier alpha value is -3.47. The van der Waals surface area contributed by atoms with Crippen LogP contribution in [0.5, 0.6) is 0 Å². The number of rotatable bonds is 2. The molecule has 116 valence electrons. The van der Waals surface area contributed by atoms with Crippen LogP contribution in [0, 0.1) is 0 Å². The third-order valence-corrected chi connectivity index (χ3v) is 4.02. The predicted octanol–water partition coefficient (Wildman–Crippen LogP) is 2.78. The highest BCUT2D eigenvalue weighted by Crippen LogP contribution is 2.29. The van der Waals surface area contributed by atoms with Crippen molar-refractivity contribution in [2.45, 2.75) is 0 Å². The van der Waals surface area contributed by atoms with Gasteiger partial charge in [0.1, 0.15) is 0 Å². The Labute approximate surface area is 137 Å². The maximum absolute atomic E-state index is 12.7. The van der Waals surface area contributed by atoms with E-state index < -0.39 is 17.7 Å². The van der Waals surface area contributed by atoms with E-state index in [2.05, 4.69) is 5.43 Å². The quantitative estimate of drug-likeness (QED) is 0.739. The van der Waals surface area contributed by atoms with Crippen molar-refractivity contribution >= 4 is 28.5 Å². The molecule has 0 aromatic heterocycles. The molecule has 0 atom stereocenters. The summed E-state index contributed by atoms with van der Waals surface area (Å²) in [5, 5.41) is 2.23. The first-order valence-electron chi connectivity index (χ1n) is 7.43. The molecule has 0 aliphatic carbocycles. The molecule has 0 saturated carbocycles. The van der Waals surface area contributed by atoms with E-state index in [9.17, 15) is 14.4 Å². The molecular weight excluding hydrogens is 304 g/mol. The van der Waals surface area contributed by atoms with Crippen molar-refractivity contribution in [1.29, 1.82) is 0 Å². The molecular formula is C19H12N2O3. The van der Waals surface area contributed by atoms with Gasteiger partial charge in [0.25, 0.3) is 17.7 Å². The molecule has 0 fully saturated rings. The first kappa shape index (κ1) is 14.1. The minimum atomic E-state index is -0.534. The van der Waals surface area contributed by atoms with Crippen LogP contribution >= 0.6 is 0 Å². The van der Waals surface area contributed by atoms with Gasteiger partial charge in [0.15, 0.2) is 0 Å². The Kier molecular flexibility index (Phi) is 3.13. The second kappa shape index (κ2) is 5.31. The minimum absolute atomic E-state index is 0.371. The van der Waals surface area contributed by atoms with Gasteiger partial charge in [0, 0.05) is 10.9 Å². The summed E-state index contributed by atoms with van der Waals surface area (Å²) in [5.41, 5.74) is 3.58. The van der Waals surface area contributed by atoms with Crippen LogP contribution in [0.1, 0.15) is 31.1 Å². The summed E-state index contributed by atoms with van der Waals surface area (Å²) in [6.45, 7) is 0. The molecule has 1 aliphatic rings. The van der Waals surface area contributed by atoms with E-state index in [-0.39, 0.29) is 0 Å².